The summed E-state index contributed by atoms with van der Waals surface area (Å²) in [6.07, 6.45) is 0.355. The molecule has 2 N–H and O–H groups in total. The van der Waals surface area contributed by atoms with Crippen LogP contribution in [0.2, 0.25) is 0 Å². The monoisotopic (exact) mass is 335 g/mol. The van der Waals surface area contributed by atoms with Gasteiger partial charge in [-0.3, -0.25) is 4.79 Å². The SMILES string of the molecule is COc1cc(N)c(-c2c(CC(C)=O)ccc3ccccc23)cc1OC. The summed E-state index contributed by atoms with van der Waals surface area (Å²) < 4.78 is 10.8. The Bertz CT molecular complexity index is 947. The molecule has 0 aliphatic rings. The van der Waals surface area contributed by atoms with Crippen molar-refractivity contribution in [3.63, 3.8) is 0 Å². The van der Waals surface area contributed by atoms with E-state index in [-0.39, 0.29) is 5.78 Å². The van der Waals surface area contributed by atoms with Crippen LogP contribution in [0.4, 0.5) is 5.69 Å². The van der Waals surface area contributed by atoms with Crippen LogP contribution < -0.4 is 15.2 Å². The Labute approximate surface area is 147 Å². The van der Waals surface area contributed by atoms with Gasteiger partial charge >= 0.3 is 0 Å². The highest BCUT2D eigenvalue weighted by molar-refractivity contribution is 6.02. The first-order valence-corrected chi connectivity index (χ1v) is 8.07. The number of ketones is 1. The molecule has 0 heterocycles. The van der Waals surface area contributed by atoms with E-state index in [1.165, 1.54) is 0 Å². The molecule has 25 heavy (non-hydrogen) atoms. The normalized spacial score (nSPS) is 10.7. The second-order valence-electron chi connectivity index (χ2n) is 5.99. The molecule has 0 saturated carbocycles. The van der Waals surface area contributed by atoms with E-state index in [0.29, 0.717) is 23.6 Å². The zero-order chi connectivity index (χ0) is 18.0. The molecule has 4 heteroatoms. The van der Waals surface area contributed by atoms with E-state index < -0.39 is 0 Å². The quantitative estimate of drug-likeness (QED) is 0.709. The fraction of sp³-hybridized carbons (Fsp3) is 0.190. The maximum atomic E-state index is 11.8. The van der Waals surface area contributed by atoms with Gasteiger partial charge in [-0.25, -0.2) is 0 Å². The number of anilines is 1. The Morgan fingerprint density at radius 2 is 1.68 bits per heavy atom. The number of hydrogen-bond donors (Lipinski definition) is 1. The van der Waals surface area contributed by atoms with Crippen molar-refractivity contribution < 1.29 is 14.3 Å². The lowest BCUT2D eigenvalue weighted by molar-refractivity contribution is -0.116. The Balaban J connectivity index is 2.35. The van der Waals surface area contributed by atoms with Crippen LogP contribution in [-0.2, 0) is 11.2 Å². The van der Waals surface area contributed by atoms with Gasteiger partial charge in [-0.2, -0.15) is 0 Å². The number of methoxy groups -OCH3 is 2. The van der Waals surface area contributed by atoms with E-state index in [9.17, 15) is 4.79 Å². The number of hydrogen-bond acceptors (Lipinski definition) is 4. The zero-order valence-corrected chi connectivity index (χ0v) is 14.6. The number of fused-ring (bicyclic) bond motifs is 1. The zero-order valence-electron chi connectivity index (χ0n) is 14.6. The van der Waals surface area contributed by atoms with Gasteiger partial charge in [0.05, 0.1) is 14.2 Å². The summed E-state index contributed by atoms with van der Waals surface area (Å²) >= 11 is 0. The molecule has 0 atom stereocenters. The summed E-state index contributed by atoms with van der Waals surface area (Å²) in [5.41, 5.74) is 9.66. The molecule has 3 rings (SSSR count). The van der Waals surface area contributed by atoms with E-state index in [2.05, 4.69) is 0 Å². The molecule has 128 valence electrons. The maximum Gasteiger partial charge on any atom is 0.162 e. The Hall–Kier alpha value is -3.01. The lowest BCUT2D eigenvalue weighted by Gasteiger charge is -2.17. The first-order valence-electron chi connectivity index (χ1n) is 8.07. The topological polar surface area (TPSA) is 61.5 Å². The largest absolute Gasteiger partial charge is 0.493 e. The van der Waals surface area contributed by atoms with Crippen LogP contribution in [0, 0.1) is 0 Å². The average Bonchev–Trinajstić information content (AvgIpc) is 2.61. The van der Waals surface area contributed by atoms with Gasteiger partial charge in [0.2, 0.25) is 0 Å². The van der Waals surface area contributed by atoms with Gasteiger partial charge < -0.3 is 15.2 Å². The van der Waals surface area contributed by atoms with E-state index in [4.69, 9.17) is 15.2 Å². The van der Waals surface area contributed by atoms with Gasteiger partial charge in [-0.1, -0.05) is 36.4 Å². The van der Waals surface area contributed by atoms with Crippen LogP contribution in [0.5, 0.6) is 11.5 Å². The standard InChI is InChI=1S/C21H21NO3/c1-13(23)10-15-9-8-14-6-4-5-7-16(14)21(15)17-11-19(24-2)20(25-3)12-18(17)22/h4-9,11-12H,10,22H2,1-3H3. The molecule has 3 aromatic rings. The fourth-order valence-electron chi connectivity index (χ4n) is 3.16. The minimum Gasteiger partial charge on any atom is -0.493 e. The third-order valence-electron chi connectivity index (χ3n) is 4.28. The van der Waals surface area contributed by atoms with Crippen LogP contribution in [0.1, 0.15) is 12.5 Å². The van der Waals surface area contributed by atoms with E-state index in [1.54, 1.807) is 27.2 Å². The Morgan fingerprint density at radius 3 is 2.36 bits per heavy atom. The van der Waals surface area contributed by atoms with E-state index >= 15 is 0 Å². The summed E-state index contributed by atoms with van der Waals surface area (Å²) in [5.74, 6) is 1.29. The van der Waals surface area contributed by atoms with Gasteiger partial charge in [0.15, 0.2) is 11.5 Å². The number of ether oxygens (including phenoxy) is 2. The molecule has 0 fully saturated rings. The van der Waals surface area contributed by atoms with Crippen LogP contribution in [-0.4, -0.2) is 20.0 Å². The molecule has 0 saturated heterocycles. The summed E-state index contributed by atoms with van der Waals surface area (Å²) in [6.45, 7) is 1.59. The second-order valence-corrected chi connectivity index (χ2v) is 5.99. The van der Waals surface area contributed by atoms with Crippen molar-refractivity contribution >= 4 is 22.2 Å². The van der Waals surface area contributed by atoms with Gasteiger partial charge in [0.1, 0.15) is 5.78 Å². The highest BCUT2D eigenvalue weighted by Crippen LogP contribution is 2.41. The molecule has 0 radical (unpaired) electrons. The van der Waals surface area contributed by atoms with Crippen LogP contribution in [0.25, 0.3) is 21.9 Å². The molecule has 0 spiro atoms. The number of benzene rings is 3. The molecule has 0 aliphatic carbocycles. The van der Waals surface area contributed by atoms with E-state index in [0.717, 1.165) is 27.5 Å². The molecular formula is C21H21NO3. The summed E-state index contributed by atoms with van der Waals surface area (Å²) in [4.78, 5) is 11.8. The molecule has 0 unspecified atom stereocenters. The van der Waals surface area contributed by atoms with Crippen molar-refractivity contribution in [3.8, 4) is 22.6 Å². The Kier molecular flexibility index (Phi) is 4.61. The first-order chi connectivity index (χ1) is 12.0. The number of Topliss-reactive ketones (excluding diaryl/α,β-unsaturated/α-hetero) is 1. The second kappa shape index (κ2) is 6.85. The van der Waals surface area contributed by atoms with Crippen LogP contribution in [0.3, 0.4) is 0 Å². The summed E-state index contributed by atoms with van der Waals surface area (Å²) in [6, 6.07) is 15.7. The maximum absolute atomic E-state index is 11.8. The van der Waals surface area contributed by atoms with Crippen molar-refractivity contribution in [2.45, 2.75) is 13.3 Å². The first kappa shape index (κ1) is 16.8. The van der Waals surface area contributed by atoms with Gasteiger partial charge in [-0.15, -0.1) is 0 Å². The highest BCUT2D eigenvalue weighted by Gasteiger charge is 2.17. The smallest absolute Gasteiger partial charge is 0.162 e. The minimum absolute atomic E-state index is 0.107. The van der Waals surface area contributed by atoms with Gasteiger partial charge in [0.25, 0.3) is 0 Å². The van der Waals surface area contributed by atoms with Crippen molar-refractivity contribution in [1.82, 2.24) is 0 Å². The summed E-state index contributed by atoms with van der Waals surface area (Å²) in [5, 5.41) is 2.15. The summed E-state index contributed by atoms with van der Waals surface area (Å²) in [7, 11) is 3.17. The van der Waals surface area contributed by atoms with Crippen molar-refractivity contribution in [2.24, 2.45) is 0 Å². The molecule has 4 nitrogen and oxygen atoms in total. The van der Waals surface area contributed by atoms with Gasteiger partial charge in [0, 0.05) is 23.7 Å². The van der Waals surface area contributed by atoms with Crippen molar-refractivity contribution in [1.29, 1.82) is 0 Å². The van der Waals surface area contributed by atoms with Crippen LogP contribution in [0.15, 0.2) is 48.5 Å². The predicted molar refractivity (Wildman–Crippen MR) is 101 cm³/mol. The number of rotatable bonds is 5. The van der Waals surface area contributed by atoms with Crippen molar-refractivity contribution in [2.75, 3.05) is 20.0 Å². The molecular weight excluding hydrogens is 314 g/mol. The molecule has 0 aliphatic heterocycles. The average molecular weight is 335 g/mol. The van der Waals surface area contributed by atoms with Crippen molar-refractivity contribution in [3.05, 3.63) is 54.1 Å². The molecule has 3 aromatic carbocycles. The number of nitrogens with two attached hydrogens (primary N) is 1. The van der Waals surface area contributed by atoms with Gasteiger partial charge in [-0.05, 0) is 34.9 Å². The number of carbonyl (C=O) groups is 1. The third kappa shape index (κ3) is 3.15. The lowest BCUT2D eigenvalue weighted by atomic mass is 9.90. The van der Waals surface area contributed by atoms with E-state index in [1.807, 2.05) is 42.5 Å². The number of nitrogen functional groups attached to an aromatic ring is 1. The molecule has 0 aromatic heterocycles. The fourth-order valence-corrected chi connectivity index (χ4v) is 3.16. The Morgan fingerprint density at radius 1 is 1.00 bits per heavy atom. The number of carbonyl (C=O) groups excluding carboxylic acids is 1. The predicted octanol–water partition coefficient (Wildman–Crippen LogP) is 4.24. The lowest BCUT2D eigenvalue weighted by Crippen LogP contribution is -2.02. The minimum atomic E-state index is 0.107. The van der Waals surface area contributed by atoms with Crippen LogP contribution >= 0.6 is 0 Å². The highest BCUT2D eigenvalue weighted by atomic mass is 16.5. The third-order valence-corrected chi connectivity index (χ3v) is 4.28. The molecule has 0 amide bonds. The molecule has 0 bridgehead atoms.